The van der Waals surface area contributed by atoms with Gasteiger partial charge in [0, 0.05) is 18.5 Å². The maximum atomic E-state index is 11.9. The highest BCUT2D eigenvalue weighted by atomic mass is 35.5. The number of hydrogen-bond acceptors (Lipinski definition) is 2. The molecule has 0 aromatic carbocycles. The van der Waals surface area contributed by atoms with Crippen LogP contribution in [0.2, 0.25) is 0 Å². The minimum Gasteiger partial charge on any atom is -0.212 e. The van der Waals surface area contributed by atoms with Gasteiger partial charge in [-0.2, -0.15) is 0 Å². The summed E-state index contributed by atoms with van der Waals surface area (Å²) in [6, 6.07) is 0. The standard InChI is InChI=1S/C10H18ClNO2S/c1-8(11)9-4-6-12(7-5-9)15(13,14)10-2-3-10/h8-10H,2-7H2,1H3. The fraction of sp³-hybridized carbons (Fsp3) is 1.00. The van der Waals surface area contributed by atoms with Gasteiger partial charge in [-0.05, 0) is 38.5 Å². The van der Waals surface area contributed by atoms with E-state index in [1.165, 1.54) is 0 Å². The summed E-state index contributed by atoms with van der Waals surface area (Å²) in [7, 11) is -2.95. The van der Waals surface area contributed by atoms with Crippen LogP contribution < -0.4 is 0 Å². The maximum Gasteiger partial charge on any atom is 0.216 e. The van der Waals surface area contributed by atoms with Crippen molar-refractivity contribution in [2.75, 3.05) is 13.1 Å². The van der Waals surface area contributed by atoms with Crippen molar-refractivity contribution < 1.29 is 8.42 Å². The molecule has 1 saturated carbocycles. The zero-order valence-electron chi connectivity index (χ0n) is 9.02. The van der Waals surface area contributed by atoms with Crippen molar-refractivity contribution in [2.24, 2.45) is 5.92 Å². The molecule has 0 radical (unpaired) electrons. The van der Waals surface area contributed by atoms with Crippen LogP contribution in [-0.2, 0) is 10.0 Å². The highest BCUT2D eigenvalue weighted by Gasteiger charge is 2.41. The van der Waals surface area contributed by atoms with Crippen molar-refractivity contribution in [3.8, 4) is 0 Å². The van der Waals surface area contributed by atoms with E-state index in [-0.39, 0.29) is 10.6 Å². The Labute approximate surface area is 96.8 Å². The summed E-state index contributed by atoms with van der Waals surface area (Å²) in [6.45, 7) is 3.33. The molecule has 2 rings (SSSR count). The predicted molar refractivity (Wildman–Crippen MR) is 61.6 cm³/mol. The Hall–Kier alpha value is 0.200. The third kappa shape index (κ3) is 2.48. The van der Waals surface area contributed by atoms with Crippen molar-refractivity contribution in [1.29, 1.82) is 0 Å². The number of alkyl halides is 1. The van der Waals surface area contributed by atoms with Gasteiger partial charge in [-0.25, -0.2) is 12.7 Å². The molecule has 0 aromatic heterocycles. The summed E-state index contributed by atoms with van der Waals surface area (Å²) < 4.78 is 25.5. The molecule has 0 spiro atoms. The molecule has 3 nitrogen and oxygen atoms in total. The fourth-order valence-corrected chi connectivity index (χ4v) is 4.29. The Morgan fingerprint density at radius 2 is 1.73 bits per heavy atom. The number of sulfonamides is 1. The van der Waals surface area contributed by atoms with Crippen molar-refractivity contribution in [2.45, 2.75) is 43.2 Å². The molecule has 1 atom stereocenters. The second-order valence-corrected chi connectivity index (χ2v) is 7.56. The zero-order valence-corrected chi connectivity index (χ0v) is 10.6. The lowest BCUT2D eigenvalue weighted by Gasteiger charge is -2.32. The number of rotatable bonds is 3. The summed E-state index contributed by atoms with van der Waals surface area (Å²) >= 11 is 6.03. The molecule has 88 valence electrons. The van der Waals surface area contributed by atoms with Crippen LogP contribution in [0.25, 0.3) is 0 Å². The molecular weight excluding hydrogens is 234 g/mol. The van der Waals surface area contributed by atoms with Crippen LogP contribution in [0.3, 0.4) is 0 Å². The van der Waals surface area contributed by atoms with Crippen LogP contribution >= 0.6 is 11.6 Å². The molecule has 2 aliphatic rings. The van der Waals surface area contributed by atoms with Crippen molar-refractivity contribution in [3.63, 3.8) is 0 Å². The quantitative estimate of drug-likeness (QED) is 0.718. The molecule has 15 heavy (non-hydrogen) atoms. The number of piperidine rings is 1. The van der Waals surface area contributed by atoms with E-state index in [0.717, 1.165) is 25.7 Å². The fourth-order valence-electron chi connectivity index (χ4n) is 2.17. The van der Waals surface area contributed by atoms with Crippen LogP contribution in [0.1, 0.15) is 32.6 Å². The maximum absolute atomic E-state index is 11.9. The Kier molecular flexibility index (Phi) is 3.29. The molecule has 1 unspecified atom stereocenters. The monoisotopic (exact) mass is 251 g/mol. The van der Waals surface area contributed by atoms with E-state index in [1.807, 2.05) is 6.92 Å². The third-order valence-electron chi connectivity index (χ3n) is 3.45. The van der Waals surface area contributed by atoms with Crippen LogP contribution in [0.5, 0.6) is 0 Å². The van der Waals surface area contributed by atoms with Crippen LogP contribution in [0.4, 0.5) is 0 Å². The smallest absolute Gasteiger partial charge is 0.212 e. The molecule has 1 saturated heterocycles. The van der Waals surface area contributed by atoms with Gasteiger partial charge in [-0.3, -0.25) is 0 Å². The Bertz CT molecular complexity index is 316. The first-order valence-electron chi connectivity index (χ1n) is 5.65. The van der Waals surface area contributed by atoms with Gasteiger partial charge in [0.05, 0.1) is 5.25 Å². The van der Waals surface area contributed by atoms with E-state index in [0.29, 0.717) is 19.0 Å². The van der Waals surface area contributed by atoms with Crippen molar-refractivity contribution in [3.05, 3.63) is 0 Å². The van der Waals surface area contributed by atoms with Crippen molar-refractivity contribution in [1.82, 2.24) is 4.31 Å². The molecule has 1 aliphatic carbocycles. The van der Waals surface area contributed by atoms with Gasteiger partial charge in [-0.15, -0.1) is 11.6 Å². The highest BCUT2D eigenvalue weighted by Crippen LogP contribution is 2.34. The largest absolute Gasteiger partial charge is 0.216 e. The second-order valence-electron chi connectivity index (χ2n) is 4.66. The zero-order chi connectivity index (χ0) is 11.1. The predicted octanol–water partition coefficient (Wildman–Crippen LogP) is 1.82. The van der Waals surface area contributed by atoms with Gasteiger partial charge in [0.1, 0.15) is 0 Å². The lowest BCUT2D eigenvalue weighted by molar-refractivity contribution is 0.271. The topological polar surface area (TPSA) is 37.4 Å². The molecule has 1 heterocycles. The van der Waals surface area contributed by atoms with Gasteiger partial charge >= 0.3 is 0 Å². The lowest BCUT2D eigenvalue weighted by Crippen LogP contribution is -2.41. The van der Waals surface area contributed by atoms with Gasteiger partial charge in [0.2, 0.25) is 10.0 Å². The molecule has 1 aliphatic heterocycles. The number of nitrogens with zero attached hydrogens (tertiary/aromatic N) is 1. The van der Waals surface area contributed by atoms with Crippen LogP contribution in [-0.4, -0.2) is 36.4 Å². The molecule has 5 heteroatoms. The first-order valence-corrected chi connectivity index (χ1v) is 7.59. The molecule has 0 bridgehead atoms. The number of hydrogen-bond donors (Lipinski definition) is 0. The summed E-state index contributed by atoms with van der Waals surface area (Å²) in [5.41, 5.74) is 0. The van der Waals surface area contributed by atoms with Gasteiger partial charge in [-0.1, -0.05) is 0 Å². The van der Waals surface area contributed by atoms with E-state index in [1.54, 1.807) is 4.31 Å². The summed E-state index contributed by atoms with van der Waals surface area (Å²) in [6.07, 6.45) is 3.54. The Morgan fingerprint density at radius 1 is 1.20 bits per heavy atom. The minimum absolute atomic E-state index is 0.0672. The van der Waals surface area contributed by atoms with Gasteiger partial charge in [0.15, 0.2) is 0 Å². The molecular formula is C10H18ClNO2S. The number of halogens is 1. The lowest BCUT2D eigenvalue weighted by atomic mass is 9.95. The highest BCUT2D eigenvalue weighted by molar-refractivity contribution is 7.90. The molecule has 0 aromatic rings. The minimum atomic E-state index is -2.95. The normalized spacial score (nSPS) is 27.9. The summed E-state index contributed by atoms with van der Waals surface area (Å²) in [5.74, 6) is 0.484. The van der Waals surface area contributed by atoms with E-state index >= 15 is 0 Å². The average Bonchev–Trinajstić information content (AvgIpc) is 3.01. The average molecular weight is 252 g/mol. The summed E-state index contributed by atoms with van der Waals surface area (Å²) in [5, 5.41) is 0.0956. The van der Waals surface area contributed by atoms with Crippen molar-refractivity contribution >= 4 is 21.6 Å². The first-order chi connectivity index (χ1) is 7.01. The van der Waals surface area contributed by atoms with E-state index in [9.17, 15) is 8.42 Å². The first kappa shape index (κ1) is 11.7. The van der Waals surface area contributed by atoms with Gasteiger partial charge < -0.3 is 0 Å². The molecule has 0 amide bonds. The second kappa shape index (κ2) is 4.22. The molecule has 2 fully saturated rings. The van der Waals surface area contributed by atoms with Crippen LogP contribution in [0, 0.1) is 5.92 Å². The third-order valence-corrected chi connectivity index (χ3v) is 6.21. The van der Waals surface area contributed by atoms with E-state index in [2.05, 4.69) is 0 Å². The Balaban J connectivity index is 1.93. The Morgan fingerprint density at radius 3 is 2.13 bits per heavy atom. The van der Waals surface area contributed by atoms with E-state index < -0.39 is 10.0 Å². The van der Waals surface area contributed by atoms with Crippen LogP contribution in [0.15, 0.2) is 0 Å². The molecule has 0 N–H and O–H groups in total. The SMILES string of the molecule is CC(Cl)C1CCN(S(=O)(=O)C2CC2)CC1. The van der Waals surface area contributed by atoms with E-state index in [4.69, 9.17) is 11.6 Å². The van der Waals surface area contributed by atoms with Gasteiger partial charge in [0.25, 0.3) is 0 Å². The summed E-state index contributed by atoms with van der Waals surface area (Å²) in [4.78, 5) is 0.